The molecule has 1 aliphatic rings. The molecule has 35 heavy (non-hydrogen) atoms. The molecule has 3 N–H and O–H groups in total. The average Bonchev–Trinajstić information content (AvgIpc) is 3.47. The molecule has 3 aromatic rings. The Bertz CT molecular complexity index is 1230. The van der Waals surface area contributed by atoms with Crippen LogP contribution in [0.15, 0.2) is 42.7 Å². The van der Waals surface area contributed by atoms with E-state index in [0.29, 0.717) is 43.0 Å². The number of aromatic nitrogens is 3. The van der Waals surface area contributed by atoms with Crippen LogP contribution in [0.3, 0.4) is 0 Å². The number of likely N-dealkylation sites (tertiary alicyclic amines) is 1. The van der Waals surface area contributed by atoms with Gasteiger partial charge in [0.15, 0.2) is 0 Å². The van der Waals surface area contributed by atoms with Gasteiger partial charge in [0.2, 0.25) is 0 Å². The summed E-state index contributed by atoms with van der Waals surface area (Å²) in [6.45, 7) is 3.04. The topological polar surface area (TPSA) is 112 Å². The Kier molecular flexibility index (Phi) is 7.28. The summed E-state index contributed by atoms with van der Waals surface area (Å²) < 4.78 is 15.2. The van der Waals surface area contributed by atoms with E-state index >= 15 is 0 Å². The van der Waals surface area contributed by atoms with Gasteiger partial charge in [0.1, 0.15) is 11.6 Å². The van der Waals surface area contributed by atoms with Crippen molar-refractivity contribution in [3.8, 4) is 11.3 Å². The molecular weight excluding hydrogens is 451 g/mol. The van der Waals surface area contributed by atoms with Crippen LogP contribution in [-0.4, -0.2) is 62.4 Å². The molecular formula is C25H29FN6O3. The van der Waals surface area contributed by atoms with Gasteiger partial charge >= 0.3 is 6.09 Å². The quantitative estimate of drug-likeness (QED) is 0.455. The number of nitrogens with zero attached hydrogens (tertiary/aromatic N) is 4. The molecule has 0 spiro atoms. The fraction of sp³-hybridized carbons (Fsp3) is 0.360. The molecule has 2 aromatic heterocycles. The average molecular weight is 481 g/mol. The van der Waals surface area contributed by atoms with Gasteiger partial charge in [-0.3, -0.25) is 9.48 Å². The zero-order valence-corrected chi connectivity index (χ0v) is 19.8. The minimum Gasteiger partial charge on any atom is -0.465 e. The van der Waals surface area contributed by atoms with Crippen LogP contribution in [0.5, 0.6) is 0 Å². The molecule has 3 heterocycles. The number of amides is 2. The van der Waals surface area contributed by atoms with Crippen LogP contribution in [-0.2, 0) is 13.5 Å². The van der Waals surface area contributed by atoms with E-state index < -0.39 is 6.09 Å². The number of hydrogen-bond acceptors (Lipinski definition) is 5. The van der Waals surface area contributed by atoms with Gasteiger partial charge in [-0.1, -0.05) is 12.1 Å². The smallest absolute Gasteiger partial charge is 0.407 e. The van der Waals surface area contributed by atoms with Gasteiger partial charge in [-0.2, -0.15) is 5.10 Å². The van der Waals surface area contributed by atoms with Gasteiger partial charge in [-0.25, -0.2) is 14.2 Å². The Morgan fingerprint density at radius 3 is 2.83 bits per heavy atom. The van der Waals surface area contributed by atoms with Gasteiger partial charge in [-0.15, -0.1) is 0 Å². The van der Waals surface area contributed by atoms with Crippen molar-refractivity contribution in [1.82, 2.24) is 25.0 Å². The van der Waals surface area contributed by atoms with E-state index in [0.717, 1.165) is 23.1 Å². The van der Waals surface area contributed by atoms with Crippen LogP contribution in [0, 0.1) is 12.7 Å². The molecule has 0 saturated carbocycles. The van der Waals surface area contributed by atoms with Gasteiger partial charge in [-0.05, 0) is 55.5 Å². The third-order valence-corrected chi connectivity index (χ3v) is 6.15. The molecule has 4 rings (SSSR count). The molecule has 0 bridgehead atoms. The molecule has 1 aromatic carbocycles. The van der Waals surface area contributed by atoms with Crippen LogP contribution < -0.4 is 10.6 Å². The third kappa shape index (κ3) is 5.76. The first-order valence-electron chi connectivity index (χ1n) is 11.6. The predicted molar refractivity (Wildman–Crippen MR) is 130 cm³/mol. The molecule has 184 valence electrons. The van der Waals surface area contributed by atoms with Crippen molar-refractivity contribution < 1.29 is 19.1 Å². The number of carbonyl (C=O) groups is 2. The lowest BCUT2D eigenvalue weighted by molar-refractivity contribution is 0.0934. The highest BCUT2D eigenvalue weighted by Crippen LogP contribution is 2.26. The highest BCUT2D eigenvalue weighted by molar-refractivity contribution is 5.99. The van der Waals surface area contributed by atoms with Crippen molar-refractivity contribution in [2.24, 2.45) is 7.05 Å². The molecule has 1 atom stereocenters. The van der Waals surface area contributed by atoms with Crippen molar-refractivity contribution in [2.45, 2.75) is 32.2 Å². The maximum Gasteiger partial charge on any atom is 0.407 e. The first kappa shape index (κ1) is 24.2. The summed E-state index contributed by atoms with van der Waals surface area (Å²) in [5.74, 6) is -0.217. The second kappa shape index (κ2) is 10.5. The number of carboxylic acid groups (broad SMARTS) is 1. The lowest BCUT2D eigenvalue weighted by Gasteiger charge is -2.22. The fourth-order valence-corrected chi connectivity index (χ4v) is 4.38. The summed E-state index contributed by atoms with van der Waals surface area (Å²) in [5, 5.41) is 19.7. The maximum absolute atomic E-state index is 13.5. The normalized spacial score (nSPS) is 15.3. The predicted octanol–water partition coefficient (Wildman–Crippen LogP) is 3.46. The molecule has 9 nitrogen and oxygen atoms in total. The van der Waals surface area contributed by atoms with E-state index in [2.05, 4.69) is 15.7 Å². The number of aryl methyl sites for hydroxylation is 2. The second-order valence-electron chi connectivity index (χ2n) is 8.74. The number of hydrogen-bond donors (Lipinski definition) is 3. The Balaban J connectivity index is 1.54. The summed E-state index contributed by atoms with van der Waals surface area (Å²) in [5.41, 5.74) is 3.54. The van der Waals surface area contributed by atoms with Gasteiger partial charge in [0.05, 0.1) is 23.5 Å². The lowest BCUT2D eigenvalue weighted by Crippen LogP contribution is -2.42. The number of anilines is 1. The SMILES string of the molecule is Cc1cc(C(=O)NC[C@H]2CCCN2C(=O)O)c(NCCc2cccc(F)c2)nc1-c1cnn(C)c1. The number of pyridine rings is 1. The van der Waals surface area contributed by atoms with Crippen molar-refractivity contribution in [1.29, 1.82) is 0 Å². The Morgan fingerprint density at radius 2 is 2.11 bits per heavy atom. The summed E-state index contributed by atoms with van der Waals surface area (Å²) in [7, 11) is 1.82. The van der Waals surface area contributed by atoms with Crippen molar-refractivity contribution in [3.05, 3.63) is 65.2 Å². The summed E-state index contributed by atoms with van der Waals surface area (Å²) >= 11 is 0. The van der Waals surface area contributed by atoms with Crippen molar-refractivity contribution >= 4 is 17.8 Å². The van der Waals surface area contributed by atoms with E-state index in [1.165, 1.54) is 17.0 Å². The first-order valence-corrected chi connectivity index (χ1v) is 11.6. The Morgan fingerprint density at radius 1 is 1.29 bits per heavy atom. The summed E-state index contributed by atoms with van der Waals surface area (Å²) in [4.78, 5) is 30.7. The zero-order valence-electron chi connectivity index (χ0n) is 19.8. The van der Waals surface area contributed by atoms with E-state index in [4.69, 9.17) is 4.98 Å². The standard InChI is InChI=1S/C25H29FN6O3/c1-16-11-21(24(33)28-14-20-7-4-10-32(20)25(34)35)23(30-22(16)18-13-29-31(2)15-18)27-9-8-17-5-3-6-19(26)12-17/h3,5-6,11-13,15,20H,4,7-10,14H2,1-2H3,(H,27,30)(H,28,33)(H,34,35)/t20-/m1/s1. The minimum absolute atomic E-state index is 0.233. The molecule has 0 unspecified atom stereocenters. The highest BCUT2D eigenvalue weighted by Gasteiger charge is 2.29. The summed E-state index contributed by atoms with van der Waals surface area (Å²) in [6.07, 6.45) is 4.63. The van der Waals surface area contributed by atoms with E-state index in [-0.39, 0.29) is 24.3 Å². The van der Waals surface area contributed by atoms with E-state index in [1.54, 1.807) is 23.0 Å². The highest BCUT2D eigenvalue weighted by atomic mass is 19.1. The Labute approximate surface area is 203 Å². The number of rotatable bonds is 8. The molecule has 0 radical (unpaired) electrons. The second-order valence-corrected chi connectivity index (χ2v) is 8.74. The van der Waals surface area contributed by atoms with Gasteiger partial charge in [0, 0.05) is 38.4 Å². The molecule has 1 fully saturated rings. The van der Waals surface area contributed by atoms with Gasteiger partial charge < -0.3 is 20.6 Å². The van der Waals surface area contributed by atoms with Crippen LogP contribution in [0.25, 0.3) is 11.3 Å². The minimum atomic E-state index is -0.972. The zero-order chi connectivity index (χ0) is 24.9. The molecule has 0 aliphatic carbocycles. The third-order valence-electron chi connectivity index (χ3n) is 6.15. The van der Waals surface area contributed by atoms with Crippen molar-refractivity contribution in [2.75, 3.05) is 25.0 Å². The number of nitrogens with one attached hydrogen (secondary N) is 2. The van der Waals surface area contributed by atoms with E-state index in [1.807, 2.05) is 26.2 Å². The molecule has 2 amide bonds. The van der Waals surface area contributed by atoms with Crippen LogP contribution in [0.2, 0.25) is 0 Å². The first-order chi connectivity index (χ1) is 16.8. The maximum atomic E-state index is 13.5. The molecule has 10 heteroatoms. The van der Waals surface area contributed by atoms with Crippen LogP contribution in [0.4, 0.5) is 15.0 Å². The fourth-order valence-electron chi connectivity index (χ4n) is 4.38. The van der Waals surface area contributed by atoms with Gasteiger partial charge in [0.25, 0.3) is 5.91 Å². The summed E-state index contributed by atoms with van der Waals surface area (Å²) in [6, 6.07) is 7.92. The van der Waals surface area contributed by atoms with E-state index in [9.17, 15) is 19.1 Å². The monoisotopic (exact) mass is 480 g/mol. The molecule has 1 aliphatic heterocycles. The van der Waals surface area contributed by atoms with Crippen molar-refractivity contribution in [3.63, 3.8) is 0 Å². The largest absolute Gasteiger partial charge is 0.465 e. The van der Waals surface area contributed by atoms with Crippen LogP contribution >= 0.6 is 0 Å². The Hall–Kier alpha value is -3.95. The number of benzene rings is 1. The number of halogens is 1. The molecule has 1 saturated heterocycles. The number of carbonyl (C=O) groups excluding carboxylic acids is 1. The lowest BCUT2D eigenvalue weighted by atomic mass is 10.1. The van der Waals surface area contributed by atoms with Crippen LogP contribution in [0.1, 0.15) is 34.3 Å².